The van der Waals surface area contributed by atoms with E-state index in [4.69, 9.17) is 24.1 Å². The number of hydrogen-bond acceptors (Lipinski definition) is 9. The Labute approximate surface area is 225 Å². The van der Waals surface area contributed by atoms with Gasteiger partial charge in [0, 0.05) is 6.08 Å². The maximum absolute atomic E-state index is 12.5. The summed E-state index contributed by atoms with van der Waals surface area (Å²) < 4.78 is 20.7. The molecule has 1 saturated carbocycles. The molecule has 39 heavy (non-hydrogen) atoms. The van der Waals surface area contributed by atoms with Gasteiger partial charge in [-0.3, -0.25) is 9.59 Å². The first-order chi connectivity index (χ1) is 18.8. The van der Waals surface area contributed by atoms with Crippen molar-refractivity contribution in [2.24, 2.45) is 11.8 Å². The number of ether oxygens (including phenoxy) is 4. The molecule has 0 spiro atoms. The van der Waals surface area contributed by atoms with Crippen LogP contribution < -0.4 is 9.47 Å². The SMILES string of the molecule is C=CC(=O)OCCCCOC(=O)c1ccc(OC(=O)c2ccc(OC(=O)C3CCC(C(=O)O)CC3)cc2)cc1. The fourth-order valence-electron chi connectivity index (χ4n) is 3.94. The van der Waals surface area contributed by atoms with Crippen LogP contribution in [0.1, 0.15) is 59.2 Å². The Morgan fingerprint density at radius 1 is 0.718 bits per heavy atom. The lowest BCUT2D eigenvalue weighted by atomic mass is 9.82. The Hall–Kier alpha value is -4.47. The molecule has 1 fully saturated rings. The summed E-state index contributed by atoms with van der Waals surface area (Å²) in [6, 6.07) is 11.8. The molecule has 0 aliphatic heterocycles. The Bertz CT molecular complexity index is 1180. The third-order valence-corrected chi connectivity index (χ3v) is 6.20. The van der Waals surface area contributed by atoms with Crippen molar-refractivity contribution >= 4 is 29.8 Å². The molecule has 1 aliphatic carbocycles. The zero-order chi connectivity index (χ0) is 28.2. The Kier molecular flexibility index (Phi) is 10.8. The number of aliphatic carboxylic acids is 1. The van der Waals surface area contributed by atoms with Crippen LogP contribution in [0.5, 0.6) is 11.5 Å². The van der Waals surface area contributed by atoms with Crippen LogP contribution in [0.3, 0.4) is 0 Å². The highest BCUT2D eigenvalue weighted by Crippen LogP contribution is 2.30. The predicted octanol–water partition coefficient (Wildman–Crippen LogP) is 4.37. The van der Waals surface area contributed by atoms with Crippen LogP contribution >= 0.6 is 0 Å². The molecule has 0 bridgehead atoms. The number of esters is 4. The van der Waals surface area contributed by atoms with Crippen molar-refractivity contribution in [3.05, 3.63) is 72.3 Å². The van der Waals surface area contributed by atoms with Crippen LogP contribution in [0, 0.1) is 11.8 Å². The van der Waals surface area contributed by atoms with Gasteiger partial charge in [-0.05, 0) is 87.1 Å². The summed E-state index contributed by atoms with van der Waals surface area (Å²) in [6.07, 6.45) is 3.96. The van der Waals surface area contributed by atoms with Crippen LogP contribution in [0.25, 0.3) is 0 Å². The number of benzene rings is 2. The van der Waals surface area contributed by atoms with Crippen LogP contribution in [0.2, 0.25) is 0 Å². The number of carbonyl (C=O) groups excluding carboxylic acids is 4. The minimum Gasteiger partial charge on any atom is -0.481 e. The van der Waals surface area contributed by atoms with Crippen molar-refractivity contribution in [2.45, 2.75) is 38.5 Å². The molecule has 1 aliphatic rings. The number of carboxylic acid groups (broad SMARTS) is 1. The van der Waals surface area contributed by atoms with Crippen LogP contribution in [0.15, 0.2) is 61.2 Å². The number of carboxylic acids is 1. The summed E-state index contributed by atoms with van der Waals surface area (Å²) in [5.74, 6) is -3.17. The lowest BCUT2D eigenvalue weighted by molar-refractivity contribution is -0.146. The van der Waals surface area contributed by atoms with Crippen molar-refractivity contribution in [1.82, 2.24) is 0 Å². The third kappa shape index (κ3) is 9.10. The van der Waals surface area contributed by atoms with Gasteiger partial charge in [0.2, 0.25) is 0 Å². The van der Waals surface area contributed by atoms with E-state index in [1.165, 1.54) is 48.5 Å². The molecule has 0 atom stereocenters. The van der Waals surface area contributed by atoms with Crippen molar-refractivity contribution in [3.63, 3.8) is 0 Å². The summed E-state index contributed by atoms with van der Waals surface area (Å²) in [6.45, 7) is 3.68. The van der Waals surface area contributed by atoms with Gasteiger partial charge in [0.1, 0.15) is 11.5 Å². The first-order valence-electron chi connectivity index (χ1n) is 12.6. The van der Waals surface area contributed by atoms with Crippen molar-refractivity contribution in [1.29, 1.82) is 0 Å². The van der Waals surface area contributed by atoms with Gasteiger partial charge in [0.05, 0.1) is 36.2 Å². The van der Waals surface area contributed by atoms with E-state index in [0.717, 1.165) is 6.08 Å². The van der Waals surface area contributed by atoms with Crippen LogP contribution in [0.4, 0.5) is 0 Å². The molecule has 0 unspecified atom stereocenters. The molecule has 0 saturated heterocycles. The van der Waals surface area contributed by atoms with Gasteiger partial charge in [-0.2, -0.15) is 0 Å². The van der Waals surface area contributed by atoms with Gasteiger partial charge in [-0.1, -0.05) is 6.58 Å². The molecule has 2 aromatic carbocycles. The summed E-state index contributed by atoms with van der Waals surface area (Å²) in [4.78, 5) is 59.0. The van der Waals surface area contributed by atoms with E-state index in [1.807, 2.05) is 0 Å². The fourth-order valence-corrected chi connectivity index (χ4v) is 3.94. The van der Waals surface area contributed by atoms with Crippen LogP contribution in [-0.4, -0.2) is 48.2 Å². The second-order valence-corrected chi connectivity index (χ2v) is 8.96. The van der Waals surface area contributed by atoms with Gasteiger partial charge >= 0.3 is 29.8 Å². The topological polar surface area (TPSA) is 142 Å². The van der Waals surface area contributed by atoms with E-state index in [9.17, 15) is 24.0 Å². The number of hydrogen-bond donors (Lipinski definition) is 1. The molecule has 2 aromatic rings. The summed E-state index contributed by atoms with van der Waals surface area (Å²) >= 11 is 0. The minimum atomic E-state index is -0.836. The standard InChI is InChI=1S/C29H30O10/c1-2-25(30)36-17-3-4-18-37-27(33)20-9-13-23(14-10-20)39-29(35)22-11-15-24(16-12-22)38-28(34)21-7-5-19(6-8-21)26(31)32/h2,9-16,19,21H,1,3-8,17-18H2,(H,31,32). The van der Waals surface area contributed by atoms with E-state index < -0.39 is 35.8 Å². The molecule has 206 valence electrons. The maximum Gasteiger partial charge on any atom is 0.343 e. The minimum absolute atomic E-state index is 0.165. The molecular formula is C29H30O10. The third-order valence-electron chi connectivity index (χ3n) is 6.20. The first-order valence-corrected chi connectivity index (χ1v) is 12.6. The Balaban J connectivity index is 1.41. The van der Waals surface area contributed by atoms with Gasteiger partial charge in [0.15, 0.2) is 0 Å². The molecular weight excluding hydrogens is 508 g/mol. The lowest BCUT2D eigenvalue weighted by Gasteiger charge is -2.24. The van der Waals surface area contributed by atoms with Gasteiger partial charge in [-0.15, -0.1) is 0 Å². The van der Waals surface area contributed by atoms with Crippen LogP contribution in [-0.2, 0) is 23.9 Å². The molecule has 10 heteroatoms. The second kappa shape index (κ2) is 14.5. The van der Waals surface area contributed by atoms with E-state index in [-0.39, 0.29) is 41.8 Å². The summed E-state index contributed by atoms with van der Waals surface area (Å²) in [7, 11) is 0. The summed E-state index contributed by atoms with van der Waals surface area (Å²) in [5.41, 5.74) is 0.523. The smallest absolute Gasteiger partial charge is 0.343 e. The molecule has 1 N–H and O–H groups in total. The van der Waals surface area contributed by atoms with Crippen molar-refractivity contribution < 1.29 is 48.0 Å². The lowest BCUT2D eigenvalue weighted by Crippen LogP contribution is -2.28. The molecule has 0 radical (unpaired) electrons. The van der Waals surface area contributed by atoms with Crippen molar-refractivity contribution in [2.75, 3.05) is 13.2 Å². The second-order valence-electron chi connectivity index (χ2n) is 8.96. The normalized spacial score (nSPS) is 16.4. The average molecular weight is 539 g/mol. The highest BCUT2D eigenvalue weighted by Gasteiger charge is 2.30. The highest BCUT2D eigenvalue weighted by molar-refractivity contribution is 5.92. The molecule has 0 aromatic heterocycles. The first kappa shape index (κ1) is 29.1. The highest BCUT2D eigenvalue weighted by atomic mass is 16.5. The van der Waals surface area contributed by atoms with E-state index in [2.05, 4.69) is 6.58 Å². The summed E-state index contributed by atoms with van der Waals surface area (Å²) in [5, 5.41) is 9.08. The van der Waals surface area contributed by atoms with Gasteiger partial charge < -0.3 is 24.1 Å². The fraction of sp³-hybridized carbons (Fsp3) is 0.345. The van der Waals surface area contributed by atoms with E-state index >= 15 is 0 Å². The molecule has 0 amide bonds. The van der Waals surface area contributed by atoms with E-state index in [0.29, 0.717) is 38.5 Å². The zero-order valence-electron chi connectivity index (χ0n) is 21.3. The molecule has 10 nitrogen and oxygen atoms in total. The maximum atomic E-state index is 12.5. The number of rotatable bonds is 12. The largest absolute Gasteiger partial charge is 0.481 e. The van der Waals surface area contributed by atoms with Gasteiger partial charge in [-0.25, -0.2) is 14.4 Å². The predicted molar refractivity (Wildman–Crippen MR) is 137 cm³/mol. The average Bonchev–Trinajstić information content (AvgIpc) is 2.95. The Morgan fingerprint density at radius 2 is 1.21 bits per heavy atom. The van der Waals surface area contributed by atoms with Crippen molar-refractivity contribution in [3.8, 4) is 11.5 Å². The van der Waals surface area contributed by atoms with E-state index in [1.54, 1.807) is 0 Å². The quantitative estimate of drug-likeness (QED) is 0.179. The molecule has 3 rings (SSSR count). The molecule has 0 heterocycles. The zero-order valence-corrected chi connectivity index (χ0v) is 21.3. The number of carbonyl (C=O) groups is 5. The monoisotopic (exact) mass is 538 g/mol. The number of unbranched alkanes of at least 4 members (excludes halogenated alkanes) is 1. The Morgan fingerprint density at radius 3 is 1.74 bits per heavy atom. The van der Waals surface area contributed by atoms with Gasteiger partial charge in [0.25, 0.3) is 0 Å².